The Bertz CT molecular complexity index is 452. The number of hydrogen-bond donors (Lipinski definition) is 1. The predicted octanol–water partition coefficient (Wildman–Crippen LogP) is 0.872. The fraction of sp³-hybridized carbons (Fsp3) is 0.273. The molecular formula is C11H11FN2O2. The molecule has 0 aromatic heterocycles. The average molecular weight is 222 g/mol. The molecule has 0 saturated heterocycles. The number of benzene rings is 1. The molecule has 0 saturated carbocycles. The van der Waals surface area contributed by atoms with Crippen LogP contribution in [0.25, 0.3) is 0 Å². The standard InChI is InChI=1S/C11H11FN2O2/c1-16-11(15)4-9-8(6-14)2-7(5-13)3-10(9)12/h2-3H,4,6,14H2,1H3. The molecule has 0 spiro atoms. The van der Waals surface area contributed by atoms with Gasteiger partial charge in [-0.3, -0.25) is 4.79 Å². The molecule has 16 heavy (non-hydrogen) atoms. The summed E-state index contributed by atoms with van der Waals surface area (Å²) in [5.41, 5.74) is 6.25. The number of rotatable bonds is 3. The van der Waals surface area contributed by atoms with E-state index in [-0.39, 0.29) is 24.1 Å². The summed E-state index contributed by atoms with van der Waals surface area (Å²) in [4.78, 5) is 11.1. The molecule has 0 aliphatic carbocycles. The molecule has 0 aliphatic rings. The number of esters is 1. The minimum Gasteiger partial charge on any atom is -0.469 e. The first-order valence-corrected chi connectivity index (χ1v) is 4.60. The van der Waals surface area contributed by atoms with Gasteiger partial charge in [0.1, 0.15) is 5.82 Å². The predicted molar refractivity (Wildman–Crippen MR) is 54.7 cm³/mol. The van der Waals surface area contributed by atoms with Gasteiger partial charge in [0.2, 0.25) is 0 Å². The molecule has 1 aromatic rings. The first kappa shape index (κ1) is 12.1. The number of nitrogens with two attached hydrogens (primary N) is 1. The van der Waals surface area contributed by atoms with Gasteiger partial charge >= 0.3 is 5.97 Å². The van der Waals surface area contributed by atoms with Crippen molar-refractivity contribution in [3.8, 4) is 6.07 Å². The minimum atomic E-state index is -0.607. The van der Waals surface area contributed by atoms with Crippen LogP contribution in [0.5, 0.6) is 0 Å². The Morgan fingerprint density at radius 3 is 2.81 bits per heavy atom. The Hall–Kier alpha value is -1.93. The molecule has 4 nitrogen and oxygen atoms in total. The molecule has 1 aromatic carbocycles. The number of nitrogens with zero attached hydrogens (tertiary/aromatic N) is 1. The highest BCUT2D eigenvalue weighted by atomic mass is 19.1. The Labute approximate surface area is 92.4 Å². The summed E-state index contributed by atoms with van der Waals surface area (Å²) in [5, 5.41) is 8.65. The van der Waals surface area contributed by atoms with E-state index in [4.69, 9.17) is 11.0 Å². The van der Waals surface area contributed by atoms with Crippen LogP contribution in [0.1, 0.15) is 16.7 Å². The third kappa shape index (κ3) is 2.55. The van der Waals surface area contributed by atoms with Gasteiger partial charge in [-0.2, -0.15) is 5.26 Å². The van der Waals surface area contributed by atoms with Crippen LogP contribution >= 0.6 is 0 Å². The van der Waals surface area contributed by atoms with E-state index in [2.05, 4.69) is 4.74 Å². The zero-order valence-electron chi connectivity index (χ0n) is 8.79. The van der Waals surface area contributed by atoms with E-state index in [0.29, 0.717) is 5.56 Å². The molecule has 2 N–H and O–H groups in total. The molecule has 0 unspecified atom stereocenters. The summed E-state index contributed by atoms with van der Waals surface area (Å²) >= 11 is 0. The third-order valence-corrected chi connectivity index (χ3v) is 2.19. The van der Waals surface area contributed by atoms with Crippen molar-refractivity contribution < 1.29 is 13.9 Å². The highest BCUT2D eigenvalue weighted by Crippen LogP contribution is 2.17. The molecule has 0 radical (unpaired) electrons. The van der Waals surface area contributed by atoms with E-state index in [0.717, 1.165) is 6.07 Å². The van der Waals surface area contributed by atoms with Gasteiger partial charge in [-0.05, 0) is 17.7 Å². The second-order valence-electron chi connectivity index (χ2n) is 3.16. The van der Waals surface area contributed by atoms with Crippen molar-refractivity contribution in [1.82, 2.24) is 0 Å². The van der Waals surface area contributed by atoms with Crippen molar-refractivity contribution in [3.63, 3.8) is 0 Å². The molecular weight excluding hydrogens is 211 g/mol. The van der Waals surface area contributed by atoms with Crippen LogP contribution in [0.2, 0.25) is 0 Å². The van der Waals surface area contributed by atoms with Crippen molar-refractivity contribution in [2.24, 2.45) is 5.73 Å². The van der Waals surface area contributed by atoms with Crippen molar-refractivity contribution in [2.75, 3.05) is 7.11 Å². The zero-order valence-corrected chi connectivity index (χ0v) is 8.79. The quantitative estimate of drug-likeness (QED) is 0.770. The molecule has 0 aliphatic heterocycles. The number of halogens is 1. The summed E-state index contributed by atoms with van der Waals surface area (Å²) in [6.07, 6.45) is -0.180. The fourth-order valence-corrected chi connectivity index (χ4v) is 1.35. The van der Waals surface area contributed by atoms with Gasteiger partial charge in [0.15, 0.2) is 0 Å². The van der Waals surface area contributed by atoms with Gasteiger partial charge in [0.25, 0.3) is 0 Å². The smallest absolute Gasteiger partial charge is 0.310 e. The van der Waals surface area contributed by atoms with Crippen LogP contribution < -0.4 is 5.73 Å². The van der Waals surface area contributed by atoms with Crippen LogP contribution in [-0.4, -0.2) is 13.1 Å². The zero-order chi connectivity index (χ0) is 12.1. The van der Waals surface area contributed by atoms with E-state index in [1.54, 1.807) is 0 Å². The summed E-state index contributed by atoms with van der Waals surface area (Å²) in [6.45, 7) is 0.0682. The van der Waals surface area contributed by atoms with Crippen molar-refractivity contribution >= 4 is 5.97 Å². The Morgan fingerprint density at radius 1 is 1.62 bits per heavy atom. The lowest BCUT2D eigenvalue weighted by Gasteiger charge is -2.08. The van der Waals surface area contributed by atoms with Crippen LogP contribution in [0.3, 0.4) is 0 Å². The second kappa shape index (κ2) is 5.24. The maximum atomic E-state index is 13.6. The van der Waals surface area contributed by atoms with Gasteiger partial charge in [-0.15, -0.1) is 0 Å². The monoisotopic (exact) mass is 222 g/mol. The number of methoxy groups -OCH3 is 1. The van der Waals surface area contributed by atoms with E-state index in [1.165, 1.54) is 13.2 Å². The molecule has 0 fully saturated rings. The highest BCUT2D eigenvalue weighted by molar-refractivity contribution is 5.73. The van der Waals surface area contributed by atoms with Gasteiger partial charge < -0.3 is 10.5 Å². The molecule has 0 atom stereocenters. The Balaban J connectivity index is 3.17. The van der Waals surface area contributed by atoms with Crippen molar-refractivity contribution in [3.05, 3.63) is 34.6 Å². The van der Waals surface area contributed by atoms with E-state index in [1.807, 2.05) is 6.07 Å². The number of carbonyl (C=O) groups is 1. The third-order valence-electron chi connectivity index (χ3n) is 2.19. The average Bonchev–Trinajstić information content (AvgIpc) is 2.30. The first-order valence-electron chi connectivity index (χ1n) is 4.60. The lowest BCUT2D eigenvalue weighted by Crippen LogP contribution is -2.11. The van der Waals surface area contributed by atoms with Crippen LogP contribution in [-0.2, 0) is 22.5 Å². The topological polar surface area (TPSA) is 76.1 Å². The van der Waals surface area contributed by atoms with E-state index < -0.39 is 11.8 Å². The Morgan fingerprint density at radius 2 is 2.31 bits per heavy atom. The van der Waals surface area contributed by atoms with Crippen molar-refractivity contribution in [2.45, 2.75) is 13.0 Å². The van der Waals surface area contributed by atoms with Gasteiger partial charge in [-0.1, -0.05) is 0 Å². The molecule has 84 valence electrons. The number of carbonyl (C=O) groups excluding carboxylic acids is 1. The summed E-state index contributed by atoms with van der Waals surface area (Å²) in [6, 6.07) is 4.38. The number of ether oxygens (including phenoxy) is 1. The minimum absolute atomic E-state index is 0.0682. The summed E-state index contributed by atoms with van der Waals surface area (Å²) in [7, 11) is 1.23. The summed E-state index contributed by atoms with van der Waals surface area (Å²) in [5.74, 6) is -1.15. The van der Waals surface area contributed by atoms with Crippen molar-refractivity contribution in [1.29, 1.82) is 5.26 Å². The normalized spacial score (nSPS) is 9.62. The second-order valence-corrected chi connectivity index (χ2v) is 3.16. The molecule has 1 rings (SSSR count). The number of nitriles is 1. The van der Waals surface area contributed by atoms with E-state index >= 15 is 0 Å². The van der Waals surface area contributed by atoms with Gasteiger partial charge in [-0.25, -0.2) is 4.39 Å². The number of hydrogen-bond acceptors (Lipinski definition) is 4. The largest absolute Gasteiger partial charge is 0.469 e. The van der Waals surface area contributed by atoms with Crippen LogP contribution in [0.4, 0.5) is 4.39 Å². The SMILES string of the molecule is COC(=O)Cc1c(F)cc(C#N)cc1CN. The highest BCUT2D eigenvalue weighted by Gasteiger charge is 2.14. The lowest BCUT2D eigenvalue weighted by atomic mass is 10.0. The Kier molecular flexibility index (Phi) is 3.97. The van der Waals surface area contributed by atoms with Gasteiger partial charge in [0, 0.05) is 12.1 Å². The first-order chi connectivity index (χ1) is 7.62. The van der Waals surface area contributed by atoms with E-state index in [9.17, 15) is 9.18 Å². The summed E-state index contributed by atoms with van der Waals surface area (Å²) < 4.78 is 18.0. The van der Waals surface area contributed by atoms with Gasteiger partial charge in [0.05, 0.1) is 25.2 Å². The molecule has 0 heterocycles. The van der Waals surface area contributed by atoms with Crippen LogP contribution in [0.15, 0.2) is 12.1 Å². The maximum absolute atomic E-state index is 13.6. The lowest BCUT2D eigenvalue weighted by molar-refractivity contribution is -0.139. The molecule has 0 bridgehead atoms. The maximum Gasteiger partial charge on any atom is 0.310 e. The fourth-order valence-electron chi connectivity index (χ4n) is 1.35. The molecule has 5 heteroatoms. The molecule has 0 amide bonds. The van der Waals surface area contributed by atoms with Crippen LogP contribution in [0, 0.1) is 17.1 Å².